The zero-order valence-electron chi connectivity index (χ0n) is 16.2. The highest BCUT2D eigenvalue weighted by molar-refractivity contribution is 4.91. The van der Waals surface area contributed by atoms with Gasteiger partial charge in [-0.1, -0.05) is 90.4 Å². The molecule has 1 fully saturated rings. The molecule has 4 atom stereocenters. The zero-order chi connectivity index (χ0) is 17.6. The Labute approximate surface area is 151 Å². The Bertz CT molecular complexity index is 285. The summed E-state index contributed by atoms with van der Waals surface area (Å²) in [6.45, 7) is 2.28. The lowest BCUT2D eigenvalue weighted by atomic mass is 9.78. The number of aliphatic hydroxyl groups is 1. The topological polar surface area (TPSA) is 72.3 Å². The molecule has 1 saturated carbocycles. The molecule has 1 aliphatic carbocycles. The van der Waals surface area contributed by atoms with Crippen molar-refractivity contribution < 1.29 is 5.11 Å². The fourth-order valence-corrected chi connectivity index (χ4v) is 4.10. The Balaban J connectivity index is 1.84. The van der Waals surface area contributed by atoms with E-state index in [0.717, 1.165) is 12.8 Å². The van der Waals surface area contributed by atoms with Crippen LogP contribution < -0.4 is 11.5 Å². The molecule has 24 heavy (non-hydrogen) atoms. The Kier molecular flexibility index (Phi) is 12.9. The van der Waals surface area contributed by atoms with Crippen LogP contribution in [0.1, 0.15) is 110 Å². The molecule has 0 radical (unpaired) electrons. The monoisotopic (exact) mass is 340 g/mol. The molecule has 5 N–H and O–H groups in total. The number of nitrogens with two attached hydrogens (primary N) is 2. The minimum Gasteiger partial charge on any atom is -0.390 e. The highest BCUT2D eigenvalue weighted by Crippen LogP contribution is 2.27. The predicted molar refractivity (Wildman–Crippen MR) is 105 cm³/mol. The van der Waals surface area contributed by atoms with Gasteiger partial charge in [-0.25, -0.2) is 0 Å². The molecule has 0 aromatic rings. The van der Waals surface area contributed by atoms with Crippen LogP contribution in [-0.2, 0) is 0 Å². The van der Waals surface area contributed by atoms with Gasteiger partial charge in [0, 0.05) is 12.1 Å². The van der Waals surface area contributed by atoms with Gasteiger partial charge in [0.2, 0.25) is 0 Å². The first-order valence-corrected chi connectivity index (χ1v) is 10.9. The van der Waals surface area contributed by atoms with Gasteiger partial charge in [-0.15, -0.1) is 0 Å². The predicted octanol–water partition coefficient (Wildman–Crippen LogP) is 4.89. The molecule has 0 amide bonds. The molecular weight excluding hydrogens is 296 g/mol. The summed E-state index contributed by atoms with van der Waals surface area (Å²) in [5.74, 6) is 0.479. The van der Waals surface area contributed by atoms with Crippen LogP contribution in [0.2, 0.25) is 0 Å². The molecular formula is C21H44N2O. The fraction of sp³-hybridized carbons (Fsp3) is 1.00. The summed E-state index contributed by atoms with van der Waals surface area (Å²) >= 11 is 0. The summed E-state index contributed by atoms with van der Waals surface area (Å²) < 4.78 is 0. The Morgan fingerprint density at radius 3 is 1.67 bits per heavy atom. The van der Waals surface area contributed by atoms with Crippen LogP contribution in [0.4, 0.5) is 0 Å². The molecule has 144 valence electrons. The standard InChI is InChI=1S/C21H44N2O/c1-2-3-4-5-6-7-8-9-10-11-12-13-14-15-18-16-17-19(22)21(24)20(18)23/h18-21,24H,2-17,22-23H2,1H3. The highest BCUT2D eigenvalue weighted by Gasteiger charge is 2.33. The van der Waals surface area contributed by atoms with E-state index >= 15 is 0 Å². The van der Waals surface area contributed by atoms with Crippen LogP contribution >= 0.6 is 0 Å². The maximum Gasteiger partial charge on any atom is 0.0844 e. The van der Waals surface area contributed by atoms with Crippen molar-refractivity contribution in [2.75, 3.05) is 0 Å². The van der Waals surface area contributed by atoms with Gasteiger partial charge < -0.3 is 16.6 Å². The van der Waals surface area contributed by atoms with Gasteiger partial charge in [0.15, 0.2) is 0 Å². The summed E-state index contributed by atoms with van der Waals surface area (Å²) in [6, 6.07) is -0.214. The van der Waals surface area contributed by atoms with Crippen molar-refractivity contribution in [2.24, 2.45) is 17.4 Å². The van der Waals surface area contributed by atoms with Crippen molar-refractivity contribution in [1.82, 2.24) is 0 Å². The number of rotatable bonds is 14. The van der Waals surface area contributed by atoms with Crippen LogP contribution in [0.25, 0.3) is 0 Å². The second-order valence-electron chi connectivity index (χ2n) is 8.10. The SMILES string of the molecule is CCCCCCCCCCCCCCCC1CCC(N)C(O)C1N. The fourth-order valence-electron chi connectivity index (χ4n) is 4.10. The van der Waals surface area contributed by atoms with Crippen molar-refractivity contribution in [3.05, 3.63) is 0 Å². The van der Waals surface area contributed by atoms with Crippen molar-refractivity contribution in [2.45, 2.75) is 128 Å². The molecule has 0 aromatic heterocycles. The van der Waals surface area contributed by atoms with Crippen LogP contribution in [0, 0.1) is 5.92 Å². The van der Waals surface area contributed by atoms with E-state index in [2.05, 4.69) is 6.92 Å². The molecule has 3 nitrogen and oxygen atoms in total. The first-order chi connectivity index (χ1) is 11.7. The molecule has 3 heteroatoms. The van der Waals surface area contributed by atoms with E-state index in [4.69, 9.17) is 11.5 Å². The Morgan fingerprint density at radius 1 is 0.708 bits per heavy atom. The second kappa shape index (κ2) is 14.1. The molecule has 1 rings (SSSR count). The molecule has 0 spiro atoms. The van der Waals surface area contributed by atoms with E-state index in [1.54, 1.807) is 0 Å². The summed E-state index contributed by atoms with van der Waals surface area (Å²) in [5.41, 5.74) is 12.0. The molecule has 0 aromatic carbocycles. The van der Waals surface area contributed by atoms with E-state index in [0.29, 0.717) is 5.92 Å². The first-order valence-electron chi connectivity index (χ1n) is 10.9. The normalized spacial score (nSPS) is 27.5. The smallest absolute Gasteiger partial charge is 0.0844 e. The van der Waals surface area contributed by atoms with Gasteiger partial charge in [-0.2, -0.15) is 0 Å². The third-order valence-corrected chi connectivity index (χ3v) is 5.93. The van der Waals surface area contributed by atoms with Crippen molar-refractivity contribution in [3.63, 3.8) is 0 Å². The average molecular weight is 341 g/mol. The number of hydrogen-bond donors (Lipinski definition) is 3. The lowest BCUT2D eigenvalue weighted by molar-refractivity contribution is 0.0542. The van der Waals surface area contributed by atoms with Crippen LogP contribution in [0.5, 0.6) is 0 Å². The van der Waals surface area contributed by atoms with Crippen molar-refractivity contribution in [3.8, 4) is 0 Å². The third-order valence-electron chi connectivity index (χ3n) is 5.93. The first kappa shape index (κ1) is 21.9. The van der Waals surface area contributed by atoms with E-state index < -0.39 is 6.10 Å². The minimum atomic E-state index is -0.495. The molecule has 0 heterocycles. The third kappa shape index (κ3) is 9.39. The lowest BCUT2D eigenvalue weighted by Gasteiger charge is -2.36. The number of hydrogen-bond acceptors (Lipinski definition) is 3. The molecule has 4 unspecified atom stereocenters. The van der Waals surface area contributed by atoms with Gasteiger partial charge in [0.25, 0.3) is 0 Å². The van der Waals surface area contributed by atoms with Crippen LogP contribution in [0.15, 0.2) is 0 Å². The largest absolute Gasteiger partial charge is 0.390 e. The Hall–Kier alpha value is -0.120. The zero-order valence-corrected chi connectivity index (χ0v) is 16.2. The molecule has 1 aliphatic rings. The van der Waals surface area contributed by atoms with Gasteiger partial charge >= 0.3 is 0 Å². The maximum atomic E-state index is 9.97. The van der Waals surface area contributed by atoms with Gasteiger partial charge in [-0.3, -0.25) is 0 Å². The van der Waals surface area contributed by atoms with Gasteiger partial charge in [0.05, 0.1) is 6.10 Å². The summed E-state index contributed by atoms with van der Waals surface area (Å²) in [5, 5.41) is 9.97. The summed E-state index contributed by atoms with van der Waals surface area (Å²) in [7, 11) is 0. The summed E-state index contributed by atoms with van der Waals surface area (Å²) in [4.78, 5) is 0. The minimum absolute atomic E-state index is 0.105. The molecule has 0 aliphatic heterocycles. The average Bonchev–Trinajstić information content (AvgIpc) is 2.58. The van der Waals surface area contributed by atoms with Gasteiger partial charge in [0.1, 0.15) is 0 Å². The molecule has 0 bridgehead atoms. The Morgan fingerprint density at radius 2 is 1.17 bits per heavy atom. The molecule has 0 saturated heterocycles. The van der Waals surface area contributed by atoms with Crippen LogP contribution in [0.3, 0.4) is 0 Å². The quantitative estimate of drug-likeness (QED) is 0.394. The number of aliphatic hydroxyl groups excluding tert-OH is 1. The van der Waals surface area contributed by atoms with E-state index in [1.807, 2.05) is 0 Å². The van der Waals surface area contributed by atoms with Crippen molar-refractivity contribution in [1.29, 1.82) is 0 Å². The maximum absolute atomic E-state index is 9.97. The van der Waals surface area contributed by atoms with E-state index in [1.165, 1.54) is 89.9 Å². The van der Waals surface area contributed by atoms with E-state index in [9.17, 15) is 5.11 Å². The summed E-state index contributed by atoms with van der Waals surface area (Å²) in [6.07, 6.45) is 20.8. The van der Waals surface area contributed by atoms with Gasteiger partial charge in [-0.05, 0) is 25.2 Å². The van der Waals surface area contributed by atoms with Crippen LogP contribution in [-0.4, -0.2) is 23.3 Å². The lowest BCUT2D eigenvalue weighted by Crippen LogP contribution is -2.54. The number of unbranched alkanes of at least 4 members (excludes halogenated alkanes) is 12. The van der Waals surface area contributed by atoms with Crippen molar-refractivity contribution >= 4 is 0 Å². The highest BCUT2D eigenvalue weighted by atomic mass is 16.3. The second-order valence-corrected chi connectivity index (χ2v) is 8.10. The van der Waals surface area contributed by atoms with E-state index in [-0.39, 0.29) is 12.1 Å².